The molecule has 0 fully saturated rings. The first kappa shape index (κ1) is 38.1. The lowest BCUT2D eigenvalue weighted by atomic mass is 9.82. The van der Waals surface area contributed by atoms with Crippen LogP contribution in [-0.4, -0.2) is 0 Å². The van der Waals surface area contributed by atoms with Crippen molar-refractivity contribution in [2.45, 2.75) is 19.3 Å². The summed E-state index contributed by atoms with van der Waals surface area (Å²) in [6.07, 6.45) is 0. The highest BCUT2D eigenvalue weighted by molar-refractivity contribution is 6.10. The highest BCUT2D eigenvalue weighted by Crippen LogP contribution is 2.51. The highest BCUT2D eigenvalue weighted by Gasteiger charge is 2.35. The fourth-order valence-corrected chi connectivity index (χ4v) is 10.5. The molecule has 2 heterocycles. The Morgan fingerprint density at radius 1 is 0.303 bits per heavy atom. The Morgan fingerprint density at radius 2 is 0.682 bits per heavy atom. The van der Waals surface area contributed by atoms with Crippen LogP contribution in [0.25, 0.3) is 99.5 Å². The molecule has 2 aromatic heterocycles. The number of hydrogen-bond acceptors (Lipinski definition) is 3. The number of benzene rings is 10. The molecule has 3 heteroatoms. The van der Waals surface area contributed by atoms with Gasteiger partial charge in [0, 0.05) is 55.1 Å². The SMILES string of the molecule is CC1(C)c2ccccc2-c2ccc(N(c3ccc(-c4ccc(-c5ccc(-c6cccc7c6oc6ccccc67)cc5)cc4)cc3)c3ccc(-c4cccc5c4oc4ccccc45)cc3)cc21. The molecule has 1 aliphatic rings. The molecular formula is C63H43NO2. The van der Waals surface area contributed by atoms with Crippen molar-refractivity contribution in [3.8, 4) is 55.6 Å². The van der Waals surface area contributed by atoms with Gasteiger partial charge in [-0.15, -0.1) is 0 Å². The first-order valence-electron chi connectivity index (χ1n) is 22.7. The molecule has 0 unspecified atom stereocenters. The van der Waals surface area contributed by atoms with E-state index in [2.05, 4.69) is 219 Å². The van der Waals surface area contributed by atoms with Gasteiger partial charge in [0.2, 0.25) is 0 Å². The molecule has 12 aromatic rings. The zero-order valence-electron chi connectivity index (χ0n) is 36.6. The van der Waals surface area contributed by atoms with Crippen molar-refractivity contribution in [1.82, 2.24) is 0 Å². The van der Waals surface area contributed by atoms with Crippen LogP contribution in [0, 0.1) is 0 Å². The first-order valence-corrected chi connectivity index (χ1v) is 22.7. The number of rotatable bonds is 7. The predicted octanol–water partition coefficient (Wildman–Crippen LogP) is 17.9. The predicted molar refractivity (Wildman–Crippen MR) is 275 cm³/mol. The van der Waals surface area contributed by atoms with Crippen LogP contribution < -0.4 is 4.90 Å². The summed E-state index contributed by atoms with van der Waals surface area (Å²) in [5, 5.41) is 4.56. The lowest BCUT2D eigenvalue weighted by molar-refractivity contribution is 0.660. The van der Waals surface area contributed by atoms with E-state index in [4.69, 9.17) is 8.83 Å². The zero-order valence-corrected chi connectivity index (χ0v) is 36.6. The summed E-state index contributed by atoms with van der Waals surface area (Å²) in [4.78, 5) is 2.39. The van der Waals surface area contributed by atoms with Crippen LogP contribution in [0.3, 0.4) is 0 Å². The van der Waals surface area contributed by atoms with E-state index >= 15 is 0 Å². The second-order valence-electron chi connectivity index (χ2n) is 18.0. The van der Waals surface area contributed by atoms with Gasteiger partial charge in [-0.3, -0.25) is 0 Å². The molecule has 0 aliphatic heterocycles. The summed E-state index contributed by atoms with van der Waals surface area (Å²) < 4.78 is 12.8. The Bertz CT molecular complexity index is 3810. The number of furan rings is 2. The number of para-hydroxylation sites is 4. The van der Waals surface area contributed by atoms with Crippen LogP contribution in [0.4, 0.5) is 17.1 Å². The maximum Gasteiger partial charge on any atom is 0.143 e. The molecule has 0 bridgehead atoms. The van der Waals surface area contributed by atoms with Crippen LogP contribution in [0.2, 0.25) is 0 Å². The average molecular weight is 846 g/mol. The van der Waals surface area contributed by atoms with Crippen molar-refractivity contribution in [3.05, 3.63) is 236 Å². The smallest absolute Gasteiger partial charge is 0.143 e. The van der Waals surface area contributed by atoms with Crippen molar-refractivity contribution >= 4 is 60.9 Å². The molecule has 0 atom stereocenters. The molecule has 3 nitrogen and oxygen atoms in total. The molecule has 312 valence electrons. The second-order valence-corrected chi connectivity index (χ2v) is 18.0. The first-order chi connectivity index (χ1) is 32.5. The fraction of sp³-hybridized carbons (Fsp3) is 0.0476. The minimum atomic E-state index is -0.120. The summed E-state index contributed by atoms with van der Waals surface area (Å²) in [5.41, 5.74) is 21.3. The quantitative estimate of drug-likeness (QED) is 0.160. The van der Waals surface area contributed by atoms with Crippen LogP contribution in [0.5, 0.6) is 0 Å². The van der Waals surface area contributed by atoms with E-state index in [0.717, 1.165) is 83.2 Å². The fourth-order valence-electron chi connectivity index (χ4n) is 10.5. The van der Waals surface area contributed by atoms with E-state index < -0.39 is 0 Å². The van der Waals surface area contributed by atoms with Crippen molar-refractivity contribution in [3.63, 3.8) is 0 Å². The van der Waals surface area contributed by atoms with Gasteiger partial charge < -0.3 is 13.7 Å². The van der Waals surface area contributed by atoms with Crippen molar-refractivity contribution in [1.29, 1.82) is 0 Å². The monoisotopic (exact) mass is 845 g/mol. The normalized spacial score (nSPS) is 12.8. The zero-order chi connectivity index (χ0) is 43.9. The molecule has 13 rings (SSSR count). The molecule has 0 saturated carbocycles. The number of anilines is 3. The highest BCUT2D eigenvalue weighted by atomic mass is 16.3. The second kappa shape index (κ2) is 14.8. The molecule has 0 N–H and O–H groups in total. The van der Waals surface area contributed by atoms with Gasteiger partial charge >= 0.3 is 0 Å². The van der Waals surface area contributed by atoms with Crippen LogP contribution in [0.15, 0.2) is 233 Å². The van der Waals surface area contributed by atoms with Crippen molar-refractivity contribution < 1.29 is 8.83 Å². The molecule has 0 radical (unpaired) electrons. The van der Waals surface area contributed by atoms with Gasteiger partial charge in [-0.2, -0.15) is 0 Å². The Labute approximate surface area is 383 Å². The van der Waals surface area contributed by atoms with Crippen molar-refractivity contribution in [2.24, 2.45) is 0 Å². The van der Waals surface area contributed by atoms with Gasteiger partial charge in [0.15, 0.2) is 0 Å². The summed E-state index contributed by atoms with van der Waals surface area (Å²) in [6, 6.07) is 80.8. The molecule has 0 spiro atoms. The van der Waals surface area contributed by atoms with E-state index in [1.807, 2.05) is 24.3 Å². The lowest BCUT2D eigenvalue weighted by Crippen LogP contribution is -2.16. The minimum Gasteiger partial charge on any atom is -0.455 e. The number of fused-ring (bicyclic) bond motifs is 9. The Kier molecular flexibility index (Phi) is 8.56. The Hall–Kier alpha value is -8.40. The van der Waals surface area contributed by atoms with Gasteiger partial charge in [-0.1, -0.05) is 190 Å². The summed E-state index contributed by atoms with van der Waals surface area (Å²) >= 11 is 0. The van der Waals surface area contributed by atoms with E-state index in [0.29, 0.717) is 0 Å². The maximum atomic E-state index is 6.45. The third-order valence-corrected chi connectivity index (χ3v) is 13.9. The van der Waals surface area contributed by atoms with Crippen molar-refractivity contribution in [2.75, 3.05) is 4.90 Å². The standard InChI is InChI=1S/C63H43NO2/c1-63(2)57-18-6-3-11-51(57)52-38-37-48(39-58(52)63)64(47-35-31-45(32-36-47)50-15-10-17-56-54-13-5-8-20-60(54)66-62(50)56)46-33-29-43(30-34-46)41-23-21-40(22-24-41)42-25-27-44(28-26-42)49-14-9-16-55-53-12-4-7-19-59(53)65-61(49)55/h3-39H,1-2H3. The largest absolute Gasteiger partial charge is 0.455 e. The molecule has 0 saturated heterocycles. The van der Waals surface area contributed by atoms with Gasteiger partial charge in [0.1, 0.15) is 22.3 Å². The molecule has 1 aliphatic carbocycles. The van der Waals surface area contributed by atoms with E-state index in [1.54, 1.807) is 0 Å². The van der Waals surface area contributed by atoms with Gasteiger partial charge in [-0.05, 0) is 104 Å². The van der Waals surface area contributed by atoms with Gasteiger partial charge in [0.25, 0.3) is 0 Å². The third-order valence-electron chi connectivity index (χ3n) is 13.9. The third kappa shape index (κ3) is 6.04. The Morgan fingerprint density at radius 3 is 1.21 bits per heavy atom. The molecule has 66 heavy (non-hydrogen) atoms. The van der Waals surface area contributed by atoms with E-state index in [9.17, 15) is 0 Å². The Balaban J connectivity index is 0.823. The number of hydrogen-bond donors (Lipinski definition) is 0. The molecule has 10 aromatic carbocycles. The summed E-state index contributed by atoms with van der Waals surface area (Å²) in [5.74, 6) is 0. The van der Waals surface area contributed by atoms with Crippen LogP contribution >= 0.6 is 0 Å². The van der Waals surface area contributed by atoms with E-state index in [-0.39, 0.29) is 5.41 Å². The molecular weight excluding hydrogens is 803 g/mol. The summed E-state index contributed by atoms with van der Waals surface area (Å²) in [7, 11) is 0. The van der Waals surface area contributed by atoms with E-state index in [1.165, 1.54) is 44.5 Å². The number of nitrogens with zero attached hydrogens (tertiary/aromatic N) is 1. The van der Waals surface area contributed by atoms with Gasteiger partial charge in [-0.25, -0.2) is 0 Å². The summed E-state index contributed by atoms with van der Waals surface area (Å²) in [6.45, 7) is 4.69. The van der Waals surface area contributed by atoms with Crippen LogP contribution in [0.1, 0.15) is 25.0 Å². The maximum absolute atomic E-state index is 6.45. The molecule has 0 amide bonds. The van der Waals surface area contributed by atoms with Gasteiger partial charge in [0.05, 0.1) is 0 Å². The average Bonchev–Trinajstić information content (AvgIpc) is 4.02. The minimum absolute atomic E-state index is 0.120. The lowest BCUT2D eigenvalue weighted by Gasteiger charge is -2.28. The van der Waals surface area contributed by atoms with Crippen LogP contribution in [-0.2, 0) is 5.41 Å². The topological polar surface area (TPSA) is 29.5 Å².